The third-order valence-corrected chi connectivity index (χ3v) is 12.6. The van der Waals surface area contributed by atoms with Gasteiger partial charge in [-0.25, -0.2) is 0 Å². The van der Waals surface area contributed by atoms with Crippen molar-refractivity contribution in [2.24, 2.45) is 0 Å². The van der Waals surface area contributed by atoms with E-state index in [-0.39, 0.29) is 22.8 Å². The molecule has 0 aliphatic carbocycles. The van der Waals surface area contributed by atoms with Crippen molar-refractivity contribution in [3.05, 3.63) is 83.9 Å². The zero-order valence-electron chi connectivity index (χ0n) is 22.4. The van der Waals surface area contributed by atoms with Gasteiger partial charge in [-0.05, 0) is 72.6 Å². The summed E-state index contributed by atoms with van der Waals surface area (Å²) >= 11 is 0. The zero-order valence-corrected chi connectivity index (χ0v) is 23.4. The lowest BCUT2D eigenvalue weighted by Crippen LogP contribution is -2.66. The number of phenolic OH excluding ortho intramolecular Hbond substituents is 1. The Morgan fingerprint density at radius 2 is 1.47 bits per heavy atom. The van der Waals surface area contributed by atoms with Gasteiger partial charge in [-0.3, -0.25) is 0 Å². The van der Waals surface area contributed by atoms with E-state index in [4.69, 9.17) is 9.16 Å². The number of aryl methyl sites for hydroxylation is 1. The van der Waals surface area contributed by atoms with Gasteiger partial charge < -0.3 is 19.4 Å². The van der Waals surface area contributed by atoms with E-state index in [1.807, 2.05) is 19.1 Å². The molecule has 0 radical (unpaired) electrons. The molecule has 4 nitrogen and oxygen atoms in total. The van der Waals surface area contributed by atoms with E-state index in [9.17, 15) is 10.2 Å². The molecule has 2 atom stereocenters. The number of aromatic hydroxyl groups is 1. The van der Waals surface area contributed by atoms with Crippen molar-refractivity contribution in [1.29, 1.82) is 0 Å². The van der Waals surface area contributed by atoms with Crippen molar-refractivity contribution in [3.8, 4) is 11.5 Å². The smallest absolute Gasteiger partial charge is 0.261 e. The molecular weight excluding hydrogens is 464 g/mol. The number of benzene rings is 3. The van der Waals surface area contributed by atoms with E-state index in [0.717, 1.165) is 23.3 Å². The standard InChI is InChI=1S/C31H40O4Si/c1-22-19-28-26(21-27(22)32)23(20-29(35-28)31(5,6)33)17-18-34-36(30(2,3)4,24-13-9-7-10-14-24)25-15-11-8-12-16-25/h7-16,19,21,23,29,32-33H,17-18,20H2,1-6H3/t23-,29+/m1/s1. The van der Waals surface area contributed by atoms with Crippen LogP contribution in [-0.2, 0) is 4.43 Å². The molecule has 3 aromatic rings. The zero-order chi connectivity index (χ0) is 26.1. The predicted octanol–water partition coefficient (Wildman–Crippen LogP) is 5.67. The normalized spacial score (nSPS) is 18.4. The summed E-state index contributed by atoms with van der Waals surface area (Å²) in [6.07, 6.45) is 1.12. The summed E-state index contributed by atoms with van der Waals surface area (Å²) in [7, 11) is -2.63. The Balaban J connectivity index is 1.68. The molecule has 0 saturated carbocycles. The van der Waals surface area contributed by atoms with Crippen LogP contribution in [0.5, 0.6) is 11.5 Å². The highest BCUT2D eigenvalue weighted by molar-refractivity contribution is 6.99. The van der Waals surface area contributed by atoms with E-state index in [2.05, 4.69) is 81.4 Å². The second kappa shape index (κ2) is 10.0. The Kier molecular flexibility index (Phi) is 7.38. The molecular formula is C31H40O4Si. The molecule has 5 heteroatoms. The van der Waals surface area contributed by atoms with E-state index >= 15 is 0 Å². The second-order valence-electron chi connectivity index (χ2n) is 11.7. The SMILES string of the molecule is Cc1cc2c(cc1O)[C@H](CCO[Si](c1ccccc1)(c1ccccc1)C(C)(C)C)C[C@@H](C(C)(C)O)O2. The molecule has 0 aromatic heterocycles. The summed E-state index contributed by atoms with van der Waals surface area (Å²) < 4.78 is 13.3. The molecule has 4 rings (SSSR count). The molecule has 2 N–H and O–H groups in total. The van der Waals surface area contributed by atoms with Gasteiger partial charge in [-0.2, -0.15) is 0 Å². The largest absolute Gasteiger partial charge is 0.508 e. The fraction of sp³-hybridized carbons (Fsp3) is 0.419. The highest BCUT2D eigenvalue weighted by Gasteiger charge is 2.50. The van der Waals surface area contributed by atoms with Gasteiger partial charge in [0.1, 0.15) is 17.6 Å². The van der Waals surface area contributed by atoms with E-state index < -0.39 is 13.9 Å². The Labute approximate surface area is 217 Å². The van der Waals surface area contributed by atoms with Crippen LogP contribution in [0.2, 0.25) is 5.04 Å². The van der Waals surface area contributed by atoms with Crippen LogP contribution in [0.1, 0.15) is 64.5 Å². The summed E-state index contributed by atoms with van der Waals surface area (Å²) in [6.45, 7) is 12.9. The Morgan fingerprint density at radius 3 is 1.97 bits per heavy atom. The molecule has 0 saturated heterocycles. The van der Waals surface area contributed by atoms with Crippen molar-refractivity contribution in [2.45, 2.75) is 77.0 Å². The van der Waals surface area contributed by atoms with Crippen LogP contribution in [0, 0.1) is 6.92 Å². The maximum absolute atomic E-state index is 10.8. The fourth-order valence-corrected chi connectivity index (χ4v) is 10.1. The van der Waals surface area contributed by atoms with E-state index in [1.165, 1.54) is 10.4 Å². The number of rotatable bonds is 7. The first-order valence-electron chi connectivity index (χ1n) is 12.9. The molecule has 36 heavy (non-hydrogen) atoms. The Hall–Kier alpha value is -2.60. The summed E-state index contributed by atoms with van der Waals surface area (Å²) in [5.74, 6) is 1.13. The van der Waals surface area contributed by atoms with Crippen molar-refractivity contribution < 1.29 is 19.4 Å². The van der Waals surface area contributed by atoms with Crippen molar-refractivity contribution >= 4 is 18.7 Å². The minimum absolute atomic E-state index is 0.0890. The highest BCUT2D eigenvalue weighted by Crippen LogP contribution is 2.44. The lowest BCUT2D eigenvalue weighted by Gasteiger charge is -2.43. The van der Waals surface area contributed by atoms with E-state index in [0.29, 0.717) is 13.0 Å². The minimum Gasteiger partial charge on any atom is -0.508 e. The van der Waals surface area contributed by atoms with Crippen molar-refractivity contribution in [1.82, 2.24) is 0 Å². The topological polar surface area (TPSA) is 58.9 Å². The van der Waals surface area contributed by atoms with Gasteiger partial charge in [0.15, 0.2) is 0 Å². The number of fused-ring (bicyclic) bond motifs is 1. The number of ether oxygens (including phenoxy) is 1. The van der Waals surface area contributed by atoms with Crippen LogP contribution in [0.25, 0.3) is 0 Å². The van der Waals surface area contributed by atoms with Crippen LogP contribution in [0.4, 0.5) is 0 Å². The molecule has 1 aliphatic heterocycles. The first-order valence-corrected chi connectivity index (χ1v) is 14.8. The van der Waals surface area contributed by atoms with E-state index in [1.54, 1.807) is 13.8 Å². The van der Waals surface area contributed by atoms with Gasteiger partial charge in [0.05, 0.1) is 5.60 Å². The van der Waals surface area contributed by atoms with Gasteiger partial charge in [-0.1, -0.05) is 81.4 Å². The highest BCUT2D eigenvalue weighted by atomic mass is 28.4. The molecule has 0 fully saturated rings. The average Bonchev–Trinajstić information content (AvgIpc) is 2.82. The first-order chi connectivity index (χ1) is 16.9. The third-order valence-electron chi connectivity index (χ3n) is 7.53. The van der Waals surface area contributed by atoms with Crippen LogP contribution in [0.15, 0.2) is 72.8 Å². The summed E-state index contributed by atoms with van der Waals surface area (Å²) in [6, 6.07) is 25.1. The van der Waals surface area contributed by atoms with Crippen LogP contribution < -0.4 is 15.1 Å². The maximum Gasteiger partial charge on any atom is 0.261 e. The number of phenols is 1. The maximum atomic E-state index is 10.8. The minimum atomic E-state index is -2.63. The van der Waals surface area contributed by atoms with Gasteiger partial charge >= 0.3 is 0 Å². The van der Waals surface area contributed by atoms with Gasteiger partial charge in [0.25, 0.3) is 8.32 Å². The molecule has 1 aliphatic rings. The molecule has 0 amide bonds. The molecule has 3 aromatic carbocycles. The molecule has 0 bridgehead atoms. The van der Waals surface area contributed by atoms with Gasteiger partial charge in [-0.15, -0.1) is 0 Å². The fourth-order valence-electron chi connectivity index (χ4n) is 5.52. The van der Waals surface area contributed by atoms with Crippen LogP contribution in [0.3, 0.4) is 0 Å². The van der Waals surface area contributed by atoms with Crippen molar-refractivity contribution in [2.75, 3.05) is 6.61 Å². The molecule has 0 unspecified atom stereocenters. The predicted molar refractivity (Wildman–Crippen MR) is 149 cm³/mol. The van der Waals surface area contributed by atoms with Gasteiger partial charge in [0.2, 0.25) is 0 Å². The molecule has 1 heterocycles. The Bertz CT molecular complexity index is 1120. The number of aliphatic hydroxyl groups is 1. The summed E-state index contributed by atoms with van der Waals surface area (Å²) in [4.78, 5) is 0. The lowest BCUT2D eigenvalue weighted by molar-refractivity contribution is -0.0480. The van der Waals surface area contributed by atoms with Crippen molar-refractivity contribution in [3.63, 3.8) is 0 Å². The third kappa shape index (κ3) is 5.10. The van der Waals surface area contributed by atoms with Gasteiger partial charge in [0, 0.05) is 12.2 Å². The van der Waals surface area contributed by atoms with Crippen LogP contribution in [-0.4, -0.2) is 36.8 Å². The number of hydrogen-bond donors (Lipinski definition) is 2. The average molecular weight is 505 g/mol. The lowest BCUT2D eigenvalue weighted by atomic mass is 9.82. The summed E-state index contributed by atoms with van der Waals surface area (Å²) in [5, 5.41) is 23.7. The second-order valence-corrected chi connectivity index (χ2v) is 16.0. The quantitative estimate of drug-likeness (QED) is 0.407. The molecule has 0 spiro atoms. The van der Waals surface area contributed by atoms with Crippen LogP contribution >= 0.6 is 0 Å². The monoisotopic (exact) mass is 504 g/mol. The Morgan fingerprint density at radius 1 is 0.917 bits per heavy atom. The summed E-state index contributed by atoms with van der Waals surface area (Å²) in [5.41, 5.74) is 0.790. The molecule has 192 valence electrons. The first kappa shape index (κ1) is 26.5. The number of hydrogen-bond acceptors (Lipinski definition) is 4.